The molecule has 0 aromatic heterocycles. The summed E-state index contributed by atoms with van der Waals surface area (Å²) in [6.07, 6.45) is 16.5. The average molecular weight is 469 g/mol. The summed E-state index contributed by atoms with van der Waals surface area (Å²) in [7, 11) is 0. The molecule has 0 spiro atoms. The minimum absolute atomic E-state index is 0.209. The fourth-order valence-electron chi connectivity index (χ4n) is 9.32. The third-order valence-corrected chi connectivity index (χ3v) is 11.9. The molecule has 0 amide bonds. The molecule has 0 bridgehead atoms. The van der Waals surface area contributed by atoms with Crippen LogP contribution in [0.25, 0.3) is 0 Å². The zero-order valence-electron chi connectivity index (χ0n) is 21.2. The summed E-state index contributed by atoms with van der Waals surface area (Å²) in [5.41, 5.74) is 1.06. The van der Waals surface area contributed by atoms with E-state index in [1.165, 1.54) is 64.2 Å². The SMILES string of the molecule is CC[C@@H](C)CCC(C)C1CCC2[C@@H]3CCC4C[C@@H](OSOOO)CC[C@]4(C)C3CC[C@]12C. The van der Waals surface area contributed by atoms with Gasteiger partial charge in [-0.05, 0) is 110 Å². The van der Waals surface area contributed by atoms with E-state index in [9.17, 15) is 0 Å². The lowest BCUT2D eigenvalue weighted by Crippen LogP contribution is -2.54. The highest BCUT2D eigenvalue weighted by molar-refractivity contribution is 7.89. The van der Waals surface area contributed by atoms with Crippen molar-refractivity contribution in [2.75, 3.05) is 0 Å². The second-order valence-corrected chi connectivity index (χ2v) is 13.1. The maximum absolute atomic E-state index is 8.34. The second-order valence-electron chi connectivity index (χ2n) is 12.7. The Balaban J connectivity index is 1.40. The standard InChI is InChI=1S/C27H48O4S/c1-6-18(2)7-8-19(3)23-11-12-24-22-10-9-20-17-21(29-32-31-30-28)13-15-26(20,4)25(22)14-16-27(23,24)5/h18-25,28H,6-17H2,1-5H3/t18-,19?,20?,21+,22+,23?,24?,25?,26+,27-/m1/s1. The molecule has 4 nitrogen and oxygen atoms in total. The molecule has 0 aromatic carbocycles. The predicted molar refractivity (Wildman–Crippen MR) is 130 cm³/mol. The van der Waals surface area contributed by atoms with Crippen LogP contribution in [0.3, 0.4) is 0 Å². The van der Waals surface area contributed by atoms with Crippen molar-refractivity contribution in [1.29, 1.82) is 0 Å². The van der Waals surface area contributed by atoms with Crippen molar-refractivity contribution in [3.05, 3.63) is 0 Å². The van der Waals surface area contributed by atoms with Crippen LogP contribution >= 0.6 is 12.3 Å². The molecule has 4 rings (SSSR count). The first-order chi connectivity index (χ1) is 15.3. The Morgan fingerprint density at radius 1 is 0.938 bits per heavy atom. The van der Waals surface area contributed by atoms with Gasteiger partial charge >= 0.3 is 0 Å². The van der Waals surface area contributed by atoms with E-state index in [2.05, 4.69) is 44.0 Å². The molecule has 10 atom stereocenters. The maximum Gasteiger partial charge on any atom is 0.197 e. The Morgan fingerprint density at radius 3 is 2.44 bits per heavy atom. The molecule has 0 aliphatic heterocycles. The molecular weight excluding hydrogens is 420 g/mol. The first-order valence-electron chi connectivity index (χ1n) is 13.6. The van der Waals surface area contributed by atoms with Crippen LogP contribution in [0.1, 0.15) is 112 Å². The average Bonchev–Trinajstić information content (AvgIpc) is 3.14. The second kappa shape index (κ2) is 10.4. The van der Waals surface area contributed by atoms with Gasteiger partial charge in [0.05, 0.1) is 6.10 Å². The largest absolute Gasteiger partial charge is 0.286 e. The van der Waals surface area contributed by atoms with E-state index >= 15 is 0 Å². The van der Waals surface area contributed by atoms with Gasteiger partial charge in [-0.25, -0.2) is 5.26 Å². The zero-order chi connectivity index (χ0) is 22.9. The maximum atomic E-state index is 8.34. The molecule has 4 aliphatic rings. The third kappa shape index (κ3) is 4.67. The number of hydrogen-bond acceptors (Lipinski definition) is 5. The first kappa shape index (κ1) is 25.3. The van der Waals surface area contributed by atoms with Crippen molar-refractivity contribution in [2.45, 2.75) is 118 Å². The fourth-order valence-corrected chi connectivity index (χ4v) is 9.66. The van der Waals surface area contributed by atoms with Crippen LogP contribution in [-0.2, 0) is 13.6 Å². The molecular formula is C27H48O4S. The molecule has 0 radical (unpaired) electrons. The summed E-state index contributed by atoms with van der Waals surface area (Å²) in [4.78, 5) is 0. The van der Waals surface area contributed by atoms with Crippen molar-refractivity contribution < 1.29 is 18.8 Å². The Kier molecular flexibility index (Phi) is 8.25. The van der Waals surface area contributed by atoms with Crippen LogP contribution in [-0.4, -0.2) is 11.4 Å². The summed E-state index contributed by atoms with van der Waals surface area (Å²) in [6, 6.07) is 0. The van der Waals surface area contributed by atoms with E-state index in [-0.39, 0.29) is 6.10 Å². The van der Waals surface area contributed by atoms with E-state index in [0.717, 1.165) is 66.6 Å². The van der Waals surface area contributed by atoms with E-state index < -0.39 is 0 Å². The summed E-state index contributed by atoms with van der Waals surface area (Å²) >= 11 is 0.770. The van der Waals surface area contributed by atoms with Gasteiger partial charge in [0.25, 0.3) is 0 Å². The Labute approximate surface area is 201 Å². The normalized spacial score (nSPS) is 45.6. The van der Waals surface area contributed by atoms with Gasteiger partial charge in [0.2, 0.25) is 0 Å². The van der Waals surface area contributed by atoms with E-state index in [0.29, 0.717) is 10.8 Å². The molecule has 4 saturated carbocycles. The van der Waals surface area contributed by atoms with Crippen molar-refractivity contribution in [3.8, 4) is 0 Å². The minimum atomic E-state index is 0.209. The van der Waals surface area contributed by atoms with Gasteiger partial charge in [-0.2, -0.15) is 0 Å². The molecule has 186 valence electrons. The lowest BCUT2D eigenvalue weighted by Gasteiger charge is -2.61. The predicted octanol–water partition coefficient (Wildman–Crippen LogP) is 8.48. The van der Waals surface area contributed by atoms with Crippen LogP contribution in [0.2, 0.25) is 0 Å². The van der Waals surface area contributed by atoms with E-state index in [4.69, 9.17) is 9.44 Å². The van der Waals surface area contributed by atoms with Crippen molar-refractivity contribution in [3.63, 3.8) is 0 Å². The van der Waals surface area contributed by atoms with E-state index in [1.807, 2.05) is 0 Å². The molecule has 0 heterocycles. The smallest absolute Gasteiger partial charge is 0.197 e. The van der Waals surface area contributed by atoms with Crippen molar-refractivity contribution in [2.24, 2.45) is 52.3 Å². The quantitative estimate of drug-likeness (QED) is 0.159. The highest BCUT2D eigenvalue weighted by Gasteiger charge is 2.60. The lowest BCUT2D eigenvalue weighted by molar-refractivity contribution is -0.434. The molecule has 5 heteroatoms. The summed E-state index contributed by atoms with van der Waals surface area (Å²) in [5.74, 6) is 6.27. The topological polar surface area (TPSA) is 47.9 Å². The summed E-state index contributed by atoms with van der Waals surface area (Å²) < 4.78 is 10.2. The highest BCUT2D eigenvalue weighted by Crippen LogP contribution is 2.68. The Hall–Kier alpha value is 0.190. The Morgan fingerprint density at radius 2 is 1.69 bits per heavy atom. The van der Waals surface area contributed by atoms with Crippen LogP contribution in [0.15, 0.2) is 0 Å². The first-order valence-corrected chi connectivity index (χ1v) is 14.3. The van der Waals surface area contributed by atoms with Gasteiger partial charge < -0.3 is 0 Å². The van der Waals surface area contributed by atoms with Gasteiger partial charge in [0.15, 0.2) is 12.3 Å². The van der Waals surface area contributed by atoms with E-state index in [1.54, 1.807) is 0 Å². The molecule has 1 N–H and O–H groups in total. The highest BCUT2D eigenvalue weighted by atomic mass is 32.2. The summed E-state index contributed by atoms with van der Waals surface area (Å²) in [5, 5.41) is 12.0. The molecule has 0 aromatic rings. The molecule has 0 saturated heterocycles. The number of fused-ring (bicyclic) bond motifs is 5. The Bertz CT molecular complexity index is 616. The van der Waals surface area contributed by atoms with Crippen LogP contribution in [0.4, 0.5) is 0 Å². The van der Waals surface area contributed by atoms with Gasteiger partial charge in [-0.15, -0.1) is 4.33 Å². The van der Waals surface area contributed by atoms with Gasteiger partial charge in [-0.1, -0.05) is 58.9 Å². The molecule has 4 aliphatic carbocycles. The lowest BCUT2D eigenvalue weighted by atomic mass is 9.44. The van der Waals surface area contributed by atoms with Crippen molar-refractivity contribution >= 4 is 12.3 Å². The van der Waals surface area contributed by atoms with Crippen LogP contribution < -0.4 is 0 Å². The number of hydrogen-bond donors (Lipinski definition) is 1. The zero-order valence-corrected chi connectivity index (χ0v) is 22.0. The van der Waals surface area contributed by atoms with Gasteiger partial charge in [0, 0.05) is 0 Å². The van der Waals surface area contributed by atoms with Crippen molar-refractivity contribution in [1.82, 2.24) is 0 Å². The minimum Gasteiger partial charge on any atom is -0.286 e. The number of rotatable bonds is 9. The monoisotopic (exact) mass is 468 g/mol. The third-order valence-electron chi connectivity index (χ3n) is 11.4. The molecule has 5 unspecified atom stereocenters. The summed E-state index contributed by atoms with van der Waals surface area (Å²) in [6.45, 7) is 12.7. The fraction of sp³-hybridized carbons (Fsp3) is 1.00. The molecule has 32 heavy (non-hydrogen) atoms. The van der Waals surface area contributed by atoms with Gasteiger partial charge in [-0.3, -0.25) is 4.18 Å². The van der Waals surface area contributed by atoms with Crippen LogP contribution in [0.5, 0.6) is 0 Å². The van der Waals surface area contributed by atoms with Gasteiger partial charge in [0.1, 0.15) is 0 Å². The van der Waals surface area contributed by atoms with Crippen LogP contribution in [0, 0.1) is 52.3 Å². The molecule has 4 fully saturated rings.